The molecule has 0 spiro atoms. The van der Waals surface area contributed by atoms with Crippen LogP contribution in [0, 0.1) is 6.92 Å². The number of fused-ring (bicyclic) bond motifs is 1. The summed E-state index contributed by atoms with van der Waals surface area (Å²) in [6, 6.07) is 5.98. The zero-order valence-electron chi connectivity index (χ0n) is 7.40. The van der Waals surface area contributed by atoms with Crippen molar-refractivity contribution in [3.8, 4) is 0 Å². The van der Waals surface area contributed by atoms with Crippen LogP contribution in [0.25, 0.3) is 10.9 Å². The average Bonchev–Trinajstić information content (AvgIpc) is 2.51. The van der Waals surface area contributed by atoms with E-state index < -0.39 is 0 Å². The lowest BCUT2D eigenvalue weighted by atomic mass is 10.1. The van der Waals surface area contributed by atoms with E-state index in [1.165, 1.54) is 5.56 Å². The molecule has 0 aliphatic rings. The van der Waals surface area contributed by atoms with Gasteiger partial charge in [0.2, 0.25) is 0 Å². The summed E-state index contributed by atoms with van der Waals surface area (Å²) in [5.74, 6) is 0. The molecular formula is C10H10N2O. The second kappa shape index (κ2) is 3.01. The maximum atomic E-state index is 10.3. The number of hydrogen-bond donors (Lipinski definition) is 0. The fourth-order valence-corrected chi connectivity index (χ4v) is 1.46. The third-order valence-corrected chi connectivity index (χ3v) is 2.15. The molecular weight excluding hydrogens is 164 g/mol. The molecule has 0 aliphatic carbocycles. The molecule has 3 nitrogen and oxygen atoms in total. The monoisotopic (exact) mass is 174 g/mol. The maximum Gasteiger partial charge on any atom is 0.141 e. The molecule has 3 heteroatoms. The van der Waals surface area contributed by atoms with E-state index in [1.807, 2.05) is 25.1 Å². The van der Waals surface area contributed by atoms with Gasteiger partial charge < -0.3 is 4.79 Å². The summed E-state index contributed by atoms with van der Waals surface area (Å²) >= 11 is 0. The van der Waals surface area contributed by atoms with Gasteiger partial charge in [-0.3, -0.25) is 4.68 Å². The molecule has 0 radical (unpaired) electrons. The first-order chi connectivity index (χ1) is 6.33. The summed E-state index contributed by atoms with van der Waals surface area (Å²) in [5, 5.41) is 5.25. The Kier molecular flexibility index (Phi) is 1.85. The molecule has 2 aromatic rings. The number of aldehydes is 1. The molecule has 0 N–H and O–H groups in total. The highest BCUT2D eigenvalue weighted by atomic mass is 16.1. The highest BCUT2D eigenvalue weighted by molar-refractivity contribution is 5.82. The van der Waals surface area contributed by atoms with E-state index >= 15 is 0 Å². The zero-order chi connectivity index (χ0) is 9.26. The first-order valence-corrected chi connectivity index (χ1v) is 4.17. The van der Waals surface area contributed by atoms with E-state index in [2.05, 4.69) is 5.10 Å². The van der Waals surface area contributed by atoms with Gasteiger partial charge in [-0.05, 0) is 18.6 Å². The van der Waals surface area contributed by atoms with E-state index in [-0.39, 0.29) is 0 Å². The van der Waals surface area contributed by atoms with E-state index in [0.29, 0.717) is 6.54 Å². The van der Waals surface area contributed by atoms with Crippen molar-refractivity contribution in [2.24, 2.45) is 0 Å². The molecule has 0 amide bonds. The quantitative estimate of drug-likeness (QED) is 0.647. The molecule has 2 rings (SSSR count). The fraction of sp³-hybridized carbons (Fsp3) is 0.200. The Morgan fingerprint density at radius 2 is 2.38 bits per heavy atom. The van der Waals surface area contributed by atoms with Crippen LogP contribution in [-0.4, -0.2) is 16.1 Å². The van der Waals surface area contributed by atoms with Crippen molar-refractivity contribution in [2.45, 2.75) is 13.5 Å². The molecule has 1 aromatic heterocycles. The summed E-state index contributed by atoms with van der Waals surface area (Å²) in [4.78, 5) is 10.3. The minimum atomic E-state index is 0.326. The van der Waals surface area contributed by atoms with Gasteiger partial charge in [0, 0.05) is 5.39 Å². The van der Waals surface area contributed by atoms with Gasteiger partial charge in [-0.2, -0.15) is 5.10 Å². The Labute approximate surface area is 76.0 Å². The van der Waals surface area contributed by atoms with Gasteiger partial charge in [-0.1, -0.05) is 12.1 Å². The van der Waals surface area contributed by atoms with Gasteiger partial charge in [0.1, 0.15) is 6.29 Å². The van der Waals surface area contributed by atoms with Crippen LogP contribution >= 0.6 is 0 Å². The molecule has 66 valence electrons. The Balaban J connectivity index is 2.67. The topological polar surface area (TPSA) is 34.9 Å². The highest BCUT2D eigenvalue weighted by Crippen LogP contribution is 2.16. The third-order valence-electron chi connectivity index (χ3n) is 2.15. The number of carbonyl (C=O) groups excluding carboxylic acids is 1. The van der Waals surface area contributed by atoms with Crippen molar-refractivity contribution in [1.82, 2.24) is 9.78 Å². The van der Waals surface area contributed by atoms with E-state index in [0.717, 1.165) is 17.2 Å². The van der Waals surface area contributed by atoms with Crippen molar-refractivity contribution in [3.05, 3.63) is 30.0 Å². The lowest BCUT2D eigenvalue weighted by molar-refractivity contribution is -0.108. The van der Waals surface area contributed by atoms with Crippen molar-refractivity contribution >= 4 is 17.2 Å². The smallest absolute Gasteiger partial charge is 0.141 e. The minimum Gasteiger partial charge on any atom is -0.301 e. The Morgan fingerprint density at radius 3 is 3.15 bits per heavy atom. The molecule has 0 unspecified atom stereocenters. The van der Waals surface area contributed by atoms with Crippen LogP contribution in [0.15, 0.2) is 24.4 Å². The Hall–Kier alpha value is -1.64. The summed E-state index contributed by atoms with van der Waals surface area (Å²) in [6.07, 6.45) is 2.66. The fourth-order valence-electron chi connectivity index (χ4n) is 1.46. The highest BCUT2D eigenvalue weighted by Gasteiger charge is 2.02. The first-order valence-electron chi connectivity index (χ1n) is 4.17. The van der Waals surface area contributed by atoms with Gasteiger partial charge >= 0.3 is 0 Å². The molecule has 1 aromatic carbocycles. The molecule has 1 heterocycles. The van der Waals surface area contributed by atoms with E-state index in [9.17, 15) is 4.79 Å². The average molecular weight is 174 g/mol. The predicted octanol–water partition coefficient (Wildman–Crippen LogP) is 1.54. The summed E-state index contributed by atoms with van der Waals surface area (Å²) in [5.41, 5.74) is 2.21. The normalized spacial score (nSPS) is 10.5. The lowest BCUT2D eigenvalue weighted by Gasteiger charge is -1.97. The molecule has 0 saturated heterocycles. The standard InChI is InChI=1S/C10H10N2O/c1-8-3-2-4-10-9(8)7-11-12(10)5-6-13/h2-4,6-7H,5H2,1H3. The molecule has 0 fully saturated rings. The van der Waals surface area contributed by atoms with Gasteiger partial charge in [0.05, 0.1) is 18.3 Å². The van der Waals surface area contributed by atoms with Crippen molar-refractivity contribution < 1.29 is 4.79 Å². The second-order valence-corrected chi connectivity index (χ2v) is 3.00. The SMILES string of the molecule is Cc1cccc2c1cnn2CC=O. The molecule has 13 heavy (non-hydrogen) atoms. The van der Waals surface area contributed by atoms with Crippen LogP contribution in [0.3, 0.4) is 0 Å². The lowest BCUT2D eigenvalue weighted by Crippen LogP contribution is -1.99. The van der Waals surface area contributed by atoms with Gasteiger partial charge in [-0.25, -0.2) is 0 Å². The number of aromatic nitrogens is 2. The third kappa shape index (κ3) is 1.22. The van der Waals surface area contributed by atoms with Crippen molar-refractivity contribution in [3.63, 3.8) is 0 Å². The maximum absolute atomic E-state index is 10.3. The summed E-state index contributed by atoms with van der Waals surface area (Å²) < 4.78 is 1.70. The van der Waals surface area contributed by atoms with Gasteiger partial charge in [0.25, 0.3) is 0 Å². The van der Waals surface area contributed by atoms with Crippen molar-refractivity contribution in [1.29, 1.82) is 0 Å². The molecule has 0 atom stereocenters. The summed E-state index contributed by atoms with van der Waals surface area (Å²) in [7, 11) is 0. The van der Waals surface area contributed by atoms with E-state index in [1.54, 1.807) is 10.9 Å². The Bertz CT molecular complexity index is 445. The van der Waals surface area contributed by atoms with Crippen LogP contribution in [0.2, 0.25) is 0 Å². The van der Waals surface area contributed by atoms with Gasteiger partial charge in [0.15, 0.2) is 0 Å². The van der Waals surface area contributed by atoms with Crippen LogP contribution in [-0.2, 0) is 11.3 Å². The summed E-state index contributed by atoms with van der Waals surface area (Å²) in [6.45, 7) is 2.36. The molecule has 0 aliphatic heterocycles. The second-order valence-electron chi connectivity index (χ2n) is 3.00. The number of aryl methyl sites for hydroxylation is 1. The van der Waals surface area contributed by atoms with Gasteiger partial charge in [-0.15, -0.1) is 0 Å². The van der Waals surface area contributed by atoms with Crippen molar-refractivity contribution in [2.75, 3.05) is 0 Å². The van der Waals surface area contributed by atoms with Crippen LogP contribution < -0.4 is 0 Å². The number of rotatable bonds is 2. The predicted molar refractivity (Wildman–Crippen MR) is 50.5 cm³/mol. The zero-order valence-corrected chi connectivity index (χ0v) is 7.40. The largest absolute Gasteiger partial charge is 0.301 e. The Morgan fingerprint density at radius 1 is 1.54 bits per heavy atom. The minimum absolute atomic E-state index is 0.326. The number of hydrogen-bond acceptors (Lipinski definition) is 2. The number of carbonyl (C=O) groups is 1. The number of benzene rings is 1. The van der Waals surface area contributed by atoms with Crippen LogP contribution in [0.1, 0.15) is 5.56 Å². The molecule has 0 saturated carbocycles. The van der Waals surface area contributed by atoms with Crippen LogP contribution in [0.4, 0.5) is 0 Å². The first kappa shape index (κ1) is 7.98. The molecule has 0 bridgehead atoms. The van der Waals surface area contributed by atoms with Crippen LogP contribution in [0.5, 0.6) is 0 Å². The van der Waals surface area contributed by atoms with E-state index in [4.69, 9.17) is 0 Å². The number of nitrogens with zero attached hydrogens (tertiary/aromatic N) is 2.